The highest BCUT2D eigenvalue weighted by Gasteiger charge is 2.38. The van der Waals surface area contributed by atoms with Gasteiger partial charge in [-0.25, -0.2) is 0 Å². The number of benzene rings is 1. The molecule has 2 aromatic rings. The second kappa shape index (κ2) is 8.48. The van der Waals surface area contributed by atoms with Crippen LogP contribution in [0.25, 0.3) is 5.57 Å². The maximum Gasteiger partial charge on any atom is 0.272 e. The fraction of sp³-hybridized carbons (Fsp3) is 0.417. The molecule has 6 heteroatoms. The van der Waals surface area contributed by atoms with Gasteiger partial charge < -0.3 is 19.7 Å². The maximum absolute atomic E-state index is 12.6. The van der Waals surface area contributed by atoms with Crippen molar-refractivity contribution in [1.82, 2.24) is 15.2 Å². The van der Waals surface area contributed by atoms with Crippen molar-refractivity contribution in [3.8, 4) is 11.5 Å². The molecule has 1 amide bonds. The molecule has 4 rings (SSSR count). The van der Waals surface area contributed by atoms with E-state index >= 15 is 0 Å². The maximum atomic E-state index is 12.6. The molecule has 0 saturated carbocycles. The van der Waals surface area contributed by atoms with Crippen molar-refractivity contribution in [3.63, 3.8) is 0 Å². The van der Waals surface area contributed by atoms with E-state index in [2.05, 4.69) is 16.4 Å². The Morgan fingerprint density at radius 1 is 1.20 bits per heavy atom. The van der Waals surface area contributed by atoms with E-state index in [0.717, 1.165) is 54.1 Å². The predicted molar refractivity (Wildman–Crippen MR) is 117 cm³/mol. The van der Waals surface area contributed by atoms with Crippen LogP contribution in [0.3, 0.4) is 0 Å². The zero-order chi connectivity index (χ0) is 21.1. The number of fused-ring (bicyclic) bond motifs is 1. The Hall–Kier alpha value is -2.86. The summed E-state index contributed by atoms with van der Waals surface area (Å²) >= 11 is 0. The lowest BCUT2D eigenvalue weighted by atomic mass is 9.83. The first-order valence-corrected chi connectivity index (χ1v) is 10.7. The van der Waals surface area contributed by atoms with Gasteiger partial charge in [0.15, 0.2) is 11.5 Å². The SMILES string of the molecule is CCN(CC)C(=O)c1ccc(C2=CC3(CCNCC3)Oc3c(OC)cccc32)cn1. The first-order chi connectivity index (χ1) is 14.6. The Morgan fingerprint density at radius 3 is 2.60 bits per heavy atom. The third-order valence-corrected chi connectivity index (χ3v) is 6.00. The molecule has 1 saturated heterocycles. The Bertz CT molecular complexity index is 943. The molecular formula is C24H29N3O3. The lowest BCUT2D eigenvalue weighted by molar-refractivity contribution is 0.0765. The predicted octanol–water partition coefficient (Wildman–Crippen LogP) is 3.52. The van der Waals surface area contributed by atoms with Crippen molar-refractivity contribution >= 4 is 11.5 Å². The zero-order valence-corrected chi connectivity index (χ0v) is 17.9. The van der Waals surface area contributed by atoms with Gasteiger partial charge in [0.1, 0.15) is 11.3 Å². The summed E-state index contributed by atoms with van der Waals surface area (Å²) < 4.78 is 12.1. The van der Waals surface area contributed by atoms with Crippen LogP contribution >= 0.6 is 0 Å². The molecule has 1 fully saturated rings. The van der Waals surface area contributed by atoms with Crippen LogP contribution in [0.15, 0.2) is 42.6 Å². The minimum absolute atomic E-state index is 0.0376. The molecular weight excluding hydrogens is 378 g/mol. The van der Waals surface area contributed by atoms with Crippen molar-refractivity contribution in [1.29, 1.82) is 0 Å². The van der Waals surface area contributed by atoms with E-state index in [9.17, 15) is 4.79 Å². The Balaban J connectivity index is 1.75. The Kier molecular flexibility index (Phi) is 5.77. The molecule has 0 bridgehead atoms. The molecule has 30 heavy (non-hydrogen) atoms. The normalized spacial score (nSPS) is 17.0. The van der Waals surface area contributed by atoms with Crippen molar-refractivity contribution < 1.29 is 14.3 Å². The summed E-state index contributed by atoms with van der Waals surface area (Å²) in [6.45, 7) is 7.11. The third kappa shape index (κ3) is 3.67. The van der Waals surface area contributed by atoms with Crippen molar-refractivity contribution in [2.45, 2.75) is 32.3 Å². The monoisotopic (exact) mass is 407 g/mol. The van der Waals surface area contributed by atoms with Crippen LogP contribution in [0.2, 0.25) is 0 Å². The molecule has 2 aliphatic heterocycles. The van der Waals surface area contributed by atoms with Gasteiger partial charge >= 0.3 is 0 Å². The van der Waals surface area contributed by atoms with Crippen LogP contribution in [-0.4, -0.2) is 54.7 Å². The van der Waals surface area contributed by atoms with Gasteiger partial charge in [-0.1, -0.05) is 18.2 Å². The fourth-order valence-corrected chi connectivity index (χ4v) is 4.26. The van der Waals surface area contributed by atoms with E-state index in [1.54, 1.807) is 18.2 Å². The molecule has 1 spiro atoms. The fourth-order valence-electron chi connectivity index (χ4n) is 4.26. The summed E-state index contributed by atoms with van der Waals surface area (Å²) in [5, 5.41) is 3.41. The summed E-state index contributed by atoms with van der Waals surface area (Å²) in [5.74, 6) is 1.48. The lowest BCUT2D eigenvalue weighted by Gasteiger charge is -2.40. The van der Waals surface area contributed by atoms with E-state index in [-0.39, 0.29) is 11.5 Å². The number of para-hydroxylation sites is 1. The summed E-state index contributed by atoms with van der Waals surface area (Å²) in [4.78, 5) is 18.9. The molecule has 0 unspecified atom stereocenters. The average molecular weight is 408 g/mol. The molecule has 2 aliphatic rings. The molecule has 0 atom stereocenters. The minimum Gasteiger partial charge on any atom is -0.493 e. The number of ether oxygens (including phenoxy) is 2. The average Bonchev–Trinajstić information content (AvgIpc) is 2.79. The smallest absolute Gasteiger partial charge is 0.272 e. The third-order valence-electron chi connectivity index (χ3n) is 6.00. The van der Waals surface area contributed by atoms with Crippen LogP contribution in [0.4, 0.5) is 0 Å². The lowest BCUT2D eigenvalue weighted by Crippen LogP contribution is -2.46. The second-order valence-corrected chi connectivity index (χ2v) is 7.72. The summed E-state index contributed by atoms with van der Waals surface area (Å²) in [7, 11) is 1.67. The summed E-state index contributed by atoms with van der Waals surface area (Å²) in [6, 6.07) is 9.76. The highest BCUT2D eigenvalue weighted by Crippen LogP contribution is 2.46. The number of amides is 1. The van der Waals surface area contributed by atoms with Crippen molar-refractivity contribution in [3.05, 3.63) is 59.4 Å². The largest absolute Gasteiger partial charge is 0.493 e. The van der Waals surface area contributed by atoms with Crippen molar-refractivity contribution in [2.75, 3.05) is 33.3 Å². The number of piperidine rings is 1. The summed E-state index contributed by atoms with van der Waals surface area (Å²) in [5.41, 5.74) is 3.15. The standard InChI is InChI=1S/C24H29N3O3/c1-4-27(5-2)23(28)20-10-9-17(16-26-20)19-15-24(11-13-25-14-12-24)30-22-18(19)7-6-8-21(22)29-3/h6-10,15-16,25H,4-5,11-14H2,1-3H3. The van der Waals surface area contributed by atoms with Gasteiger partial charge in [-0.2, -0.15) is 0 Å². The van der Waals surface area contributed by atoms with E-state index in [1.165, 1.54) is 0 Å². The van der Waals surface area contributed by atoms with E-state index in [0.29, 0.717) is 18.8 Å². The highest BCUT2D eigenvalue weighted by molar-refractivity contribution is 5.93. The van der Waals surface area contributed by atoms with Crippen LogP contribution < -0.4 is 14.8 Å². The number of rotatable bonds is 5. The van der Waals surface area contributed by atoms with E-state index < -0.39 is 0 Å². The molecule has 6 nitrogen and oxygen atoms in total. The van der Waals surface area contributed by atoms with Crippen LogP contribution in [-0.2, 0) is 0 Å². The molecule has 158 valence electrons. The number of pyridine rings is 1. The number of carbonyl (C=O) groups is 1. The van der Waals surface area contributed by atoms with Gasteiger partial charge in [0, 0.05) is 43.3 Å². The molecule has 0 aliphatic carbocycles. The van der Waals surface area contributed by atoms with Crippen LogP contribution in [0.5, 0.6) is 11.5 Å². The molecule has 3 heterocycles. The van der Waals surface area contributed by atoms with Gasteiger partial charge in [0.25, 0.3) is 5.91 Å². The van der Waals surface area contributed by atoms with E-state index in [4.69, 9.17) is 9.47 Å². The number of hydrogen-bond donors (Lipinski definition) is 1. The first kappa shape index (κ1) is 20.4. The topological polar surface area (TPSA) is 63.7 Å². The van der Waals surface area contributed by atoms with E-state index in [1.807, 2.05) is 44.2 Å². The van der Waals surface area contributed by atoms with Crippen LogP contribution in [0, 0.1) is 0 Å². The number of nitrogens with zero attached hydrogens (tertiary/aromatic N) is 2. The first-order valence-electron chi connectivity index (χ1n) is 10.7. The number of nitrogens with one attached hydrogen (secondary N) is 1. The number of hydrogen-bond acceptors (Lipinski definition) is 5. The molecule has 1 N–H and O–H groups in total. The van der Waals surface area contributed by atoms with Gasteiger partial charge in [-0.15, -0.1) is 0 Å². The summed E-state index contributed by atoms with van der Waals surface area (Å²) in [6.07, 6.45) is 5.81. The zero-order valence-electron chi connectivity index (χ0n) is 17.9. The van der Waals surface area contributed by atoms with Gasteiger partial charge in [0.05, 0.1) is 7.11 Å². The molecule has 0 radical (unpaired) electrons. The van der Waals surface area contributed by atoms with Gasteiger partial charge in [0.2, 0.25) is 0 Å². The minimum atomic E-state index is -0.363. The number of aromatic nitrogens is 1. The number of carbonyl (C=O) groups excluding carboxylic acids is 1. The van der Waals surface area contributed by atoms with Crippen molar-refractivity contribution in [2.24, 2.45) is 0 Å². The Morgan fingerprint density at radius 2 is 1.97 bits per heavy atom. The quantitative estimate of drug-likeness (QED) is 0.822. The highest BCUT2D eigenvalue weighted by atomic mass is 16.5. The number of methoxy groups -OCH3 is 1. The van der Waals surface area contributed by atoms with Gasteiger partial charge in [-0.3, -0.25) is 9.78 Å². The van der Waals surface area contributed by atoms with Crippen LogP contribution in [0.1, 0.15) is 48.3 Å². The molecule has 1 aromatic carbocycles. The molecule has 1 aromatic heterocycles. The second-order valence-electron chi connectivity index (χ2n) is 7.72. The Labute approximate surface area is 177 Å². The van der Waals surface area contributed by atoms with Gasteiger partial charge in [-0.05, 0) is 50.7 Å².